The molecule has 0 N–H and O–H groups in total. The minimum Gasteiger partial charge on any atom is -0.337 e. The smallest absolute Gasteiger partial charge is 0.0946 e. The van der Waals surface area contributed by atoms with Gasteiger partial charge in [-0.1, -0.05) is 0 Å². The average Bonchev–Trinajstić information content (AvgIpc) is 2.63. The molecule has 12 heavy (non-hydrogen) atoms. The Morgan fingerprint density at radius 3 is 2.92 bits per heavy atom. The minimum atomic E-state index is 0.287. The van der Waals surface area contributed by atoms with Crippen LogP contribution < -0.4 is 0 Å². The van der Waals surface area contributed by atoms with Gasteiger partial charge < -0.3 is 4.57 Å². The molecule has 2 rings (SSSR count). The molecule has 62 valence electrons. The van der Waals surface area contributed by atoms with E-state index in [9.17, 15) is 0 Å². The van der Waals surface area contributed by atoms with Gasteiger partial charge in [-0.05, 0) is 12.8 Å². The zero-order chi connectivity index (χ0) is 8.44. The Morgan fingerprint density at radius 1 is 1.58 bits per heavy atom. The van der Waals surface area contributed by atoms with E-state index in [0.717, 1.165) is 6.54 Å². The van der Waals surface area contributed by atoms with Crippen molar-refractivity contribution in [1.29, 1.82) is 5.26 Å². The van der Waals surface area contributed by atoms with Gasteiger partial charge in [-0.15, -0.1) is 0 Å². The van der Waals surface area contributed by atoms with Crippen molar-refractivity contribution in [2.75, 3.05) is 0 Å². The highest BCUT2D eigenvalue weighted by atomic mass is 15.0. The predicted octanol–water partition coefficient (Wildman–Crippen LogP) is 1.58. The summed E-state index contributed by atoms with van der Waals surface area (Å²) in [5.74, 6) is 0. The molecule has 0 bridgehead atoms. The Balaban J connectivity index is 2.00. The zero-order valence-electron chi connectivity index (χ0n) is 6.90. The summed E-state index contributed by atoms with van der Waals surface area (Å²) in [6.45, 7) is 0.959. The van der Waals surface area contributed by atoms with Crippen LogP contribution >= 0.6 is 0 Å². The molecule has 0 atom stereocenters. The first-order chi connectivity index (χ1) is 5.85. The highest BCUT2D eigenvalue weighted by molar-refractivity contribution is 4.99. The summed E-state index contributed by atoms with van der Waals surface area (Å²) < 4.78 is 2.06. The maximum Gasteiger partial charge on any atom is 0.0946 e. The second-order valence-electron chi connectivity index (χ2n) is 3.57. The molecule has 1 saturated carbocycles. The fourth-order valence-electron chi connectivity index (χ4n) is 1.50. The molecule has 0 radical (unpaired) electrons. The number of hydrogen-bond donors (Lipinski definition) is 0. The van der Waals surface area contributed by atoms with E-state index in [-0.39, 0.29) is 5.41 Å². The van der Waals surface area contributed by atoms with Crippen LogP contribution in [0.3, 0.4) is 0 Å². The standard InChI is InChI=1S/C9H11N3/c10-4-3-9(1-2-9)7-12-6-5-11-8-12/h5-6,8H,1-3,7H2. The molecule has 0 saturated heterocycles. The van der Waals surface area contributed by atoms with Gasteiger partial charge in [0, 0.05) is 30.8 Å². The van der Waals surface area contributed by atoms with Gasteiger partial charge in [0.1, 0.15) is 0 Å². The van der Waals surface area contributed by atoms with Gasteiger partial charge in [0.25, 0.3) is 0 Å². The molecule has 0 spiro atoms. The van der Waals surface area contributed by atoms with Crippen LogP contribution in [0.4, 0.5) is 0 Å². The summed E-state index contributed by atoms with van der Waals surface area (Å²) >= 11 is 0. The molecular formula is C9H11N3. The van der Waals surface area contributed by atoms with Crippen LogP contribution in [-0.2, 0) is 6.54 Å². The normalized spacial score (nSPS) is 18.6. The van der Waals surface area contributed by atoms with Crippen LogP contribution in [0, 0.1) is 16.7 Å². The summed E-state index contributed by atoms with van der Waals surface area (Å²) in [6, 6.07) is 2.25. The number of nitriles is 1. The van der Waals surface area contributed by atoms with E-state index in [0.29, 0.717) is 6.42 Å². The number of aromatic nitrogens is 2. The molecule has 0 aliphatic heterocycles. The molecule has 1 aliphatic carbocycles. The van der Waals surface area contributed by atoms with Crippen molar-refractivity contribution < 1.29 is 0 Å². The first-order valence-corrected chi connectivity index (χ1v) is 4.17. The molecule has 3 heteroatoms. The lowest BCUT2D eigenvalue weighted by Gasteiger charge is -2.10. The van der Waals surface area contributed by atoms with Gasteiger partial charge in [0.2, 0.25) is 0 Å². The SMILES string of the molecule is N#CCC1(Cn2ccnc2)CC1. The quantitative estimate of drug-likeness (QED) is 0.675. The molecule has 1 heterocycles. The van der Waals surface area contributed by atoms with Gasteiger partial charge in [-0.2, -0.15) is 5.26 Å². The summed E-state index contributed by atoms with van der Waals surface area (Å²) in [4.78, 5) is 3.97. The zero-order valence-corrected chi connectivity index (χ0v) is 6.90. The lowest BCUT2D eigenvalue weighted by molar-refractivity contribution is 0.431. The Bertz CT molecular complexity index is 290. The monoisotopic (exact) mass is 161 g/mol. The molecule has 1 aliphatic rings. The minimum absolute atomic E-state index is 0.287. The van der Waals surface area contributed by atoms with E-state index in [2.05, 4.69) is 15.6 Å². The fourth-order valence-corrected chi connectivity index (χ4v) is 1.50. The molecule has 1 aromatic heterocycles. The van der Waals surface area contributed by atoms with Crippen molar-refractivity contribution in [2.45, 2.75) is 25.8 Å². The van der Waals surface area contributed by atoms with Gasteiger partial charge in [0.05, 0.1) is 12.4 Å². The topological polar surface area (TPSA) is 41.6 Å². The van der Waals surface area contributed by atoms with E-state index in [1.54, 1.807) is 6.20 Å². The third kappa shape index (κ3) is 1.33. The number of nitrogens with zero attached hydrogens (tertiary/aromatic N) is 3. The van der Waals surface area contributed by atoms with E-state index in [1.165, 1.54) is 12.8 Å². The molecule has 0 aromatic carbocycles. The van der Waals surface area contributed by atoms with E-state index in [4.69, 9.17) is 5.26 Å². The maximum absolute atomic E-state index is 8.60. The van der Waals surface area contributed by atoms with Crippen molar-refractivity contribution in [2.24, 2.45) is 5.41 Å². The molecule has 1 fully saturated rings. The van der Waals surface area contributed by atoms with Gasteiger partial charge >= 0.3 is 0 Å². The lowest BCUT2D eigenvalue weighted by Crippen LogP contribution is -2.09. The van der Waals surface area contributed by atoms with Crippen LogP contribution in [0.15, 0.2) is 18.7 Å². The number of rotatable bonds is 3. The molecule has 0 amide bonds. The van der Waals surface area contributed by atoms with E-state index < -0.39 is 0 Å². The summed E-state index contributed by atoms with van der Waals surface area (Å²) in [5, 5.41) is 8.60. The van der Waals surface area contributed by atoms with Crippen LogP contribution in [0.5, 0.6) is 0 Å². The van der Waals surface area contributed by atoms with Crippen LogP contribution in [0.25, 0.3) is 0 Å². The third-order valence-corrected chi connectivity index (χ3v) is 2.49. The van der Waals surface area contributed by atoms with Crippen LogP contribution in [0.1, 0.15) is 19.3 Å². The second kappa shape index (κ2) is 2.63. The molecule has 3 nitrogen and oxygen atoms in total. The Labute approximate surface area is 71.6 Å². The van der Waals surface area contributed by atoms with Crippen molar-refractivity contribution in [1.82, 2.24) is 9.55 Å². The van der Waals surface area contributed by atoms with Crippen molar-refractivity contribution >= 4 is 0 Å². The van der Waals surface area contributed by atoms with Crippen molar-refractivity contribution in [3.8, 4) is 6.07 Å². The van der Waals surface area contributed by atoms with Crippen LogP contribution in [0.2, 0.25) is 0 Å². The van der Waals surface area contributed by atoms with Gasteiger partial charge in [0.15, 0.2) is 0 Å². The summed E-state index contributed by atoms with van der Waals surface area (Å²) in [6.07, 6.45) is 8.63. The largest absolute Gasteiger partial charge is 0.337 e. The van der Waals surface area contributed by atoms with E-state index in [1.807, 2.05) is 12.5 Å². The average molecular weight is 161 g/mol. The third-order valence-electron chi connectivity index (χ3n) is 2.49. The Morgan fingerprint density at radius 2 is 2.42 bits per heavy atom. The van der Waals surface area contributed by atoms with Crippen molar-refractivity contribution in [3.05, 3.63) is 18.7 Å². The second-order valence-corrected chi connectivity index (χ2v) is 3.57. The first-order valence-electron chi connectivity index (χ1n) is 4.17. The Hall–Kier alpha value is -1.30. The lowest BCUT2D eigenvalue weighted by atomic mass is 10.0. The predicted molar refractivity (Wildman–Crippen MR) is 44.1 cm³/mol. The Kier molecular flexibility index (Phi) is 1.61. The summed E-state index contributed by atoms with van der Waals surface area (Å²) in [7, 11) is 0. The fraction of sp³-hybridized carbons (Fsp3) is 0.556. The highest BCUT2D eigenvalue weighted by Crippen LogP contribution is 2.49. The van der Waals surface area contributed by atoms with Crippen molar-refractivity contribution in [3.63, 3.8) is 0 Å². The molecule has 1 aromatic rings. The van der Waals surface area contributed by atoms with Gasteiger partial charge in [-0.3, -0.25) is 0 Å². The molecular weight excluding hydrogens is 150 g/mol. The number of imidazole rings is 1. The molecule has 0 unspecified atom stereocenters. The first kappa shape index (κ1) is 7.35. The van der Waals surface area contributed by atoms with Gasteiger partial charge in [-0.25, -0.2) is 4.98 Å². The van der Waals surface area contributed by atoms with Crippen LogP contribution in [-0.4, -0.2) is 9.55 Å². The summed E-state index contributed by atoms with van der Waals surface area (Å²) in [5.41, 5.74) is 0.287. The number of hydrogen-bond acceptors (Lipinski definition) is 2. The highest BCUT2D eigenvalue weighted by Gasteiger charge is 2.42. The van der Waals surface area contributed by atoms with E-state index >= 15 is 0 Å². The maximum atomic E-state index is 8.60.